The first-order valence-electron chi connectivity index (χ1n) is 12.6. The van der Waals surface area contributed by atoms with Crippen molar-refractivity contribution in [2.45, 2.75) is 32.4 Å². The molecule has 202 valence electrons. The SMILES string of the molecule is CCCNC(=O)C(Cc1ccccc1)N(Cc1ccccc1)C(=O)CN(c1ccccc1)S(=O)(=O)N(C)C. The Labute approximate surface area is 226 Å². The monoisotopic (exact) mass is 536 g/mol. The minimum absolute atomic E-state index is 0.154. The maximum absolute atomic E-state index is 14.0. The lowest BCUT2D eigenvalue weighted by molar-refractivity contribution is -0.140. The van der Waals surface area contributed by atoms with Gasteiger partial charge in [-0.15, -0.1) is 0 Å². The fourth-order valence-corrected chi connectivity index (χ4v) is 5.07. The van der Waals surface area contributed by atoms with Gasteiger partial charge in [0, 0.05) is 33.6 Å². The molecule has 0 spiro atoms. The van der Waals surface area contributed by atoms with E-state index in [1.54, 1.807) is 30.3 Å². The van der Waals surface area contributed by atoms with Crippen LogP contribution >= 0.6 is 0 Å². The molecular weight excluding hydrogens is 500 g/mol. The van der Waals surface area contributed by atoms with Crippen molar-refractivity contribution < 1.29 is 18.0 Å². The Morgan fingerprint density at radius 1 is 0.816 bits per heavy atom. The summed E-state index contributed by atoms with van der Waals surface area (Å²) in [4.78, 5) is 29.0. The summed E-state index contributed by atoms with van der Waals surface area (Å²) < 4.78 is 28.7. The molecule has 0 aliphatic heterocycles. The van der Waals surface area contributed by atoms with Gasteiger partial charge in [-0.25, -0.2) is 4.31 Å². The highest BCUT2D eigenvalue weighted by Crippen LogP contribution is 2.21. The lowest BCUT2D eigenvalue weighted by Crippen LogP contribution is -2.54. The third-order valence-corrected chi connectivity index (χ3v) is 7.90. The number of anilines is 1. The molecule has 38 heavy (non-hydrogen) atoms. The van der Waals surface area contributed by atoms with Crippen molar-refractivity contribution in [3.8, 4) is 0 Å². The number of para-hydroxylation sites is 1. The van der Waals surface area contributed by atoms with Gasteiger partial charge >= 0.3 is 10.2 Å². The van der Waals surface area contributed by atoms with Gasteiger partial charge in [-0.2, -0.15) is 12.7 Å². The molecule has 0 radical (unpaired) electrons. The van der Waals surface area contributed by atoms with E-state index in [4.69, 9.17) is 0 Å². The predicted octanol–water partition coefficient (Wildman–Crippen LogP) is 3.47. The number of nitrogens with one attached hydrogen (secondary N) is 1. The van der Waals surface area contributed by atoms with E-state index in [0.29, 0.717) is 18.7 Å². The Kier molecular flexibility index (Phi) is 10.4. The molecule has 0 aliphatic carbocycles. The lowest BCUT2D eigenvalue weighted by Gasteiger charge is -2.34. The summed E-state index contributed by atoms with van der Waals surface area (Å²) in [6.45, 7) is 2.14. The van der Waals surface area contributed by atoms with Gasteiger partial charge in [0.1, 0.15) is 12.6 Å². The zero-order valence-electron chi connectivity index (χ0n) is 22.2. The van der Waals surface area contributed by atoms with Crippen molar-refractivity contribution in [3.05, 3.63) is 102 Å². The van der Waals surface area contributed by atoms with E-state index in [2.05, 4.69) is 5.32 Å². The van der Waals surface area contributed by atoms with E-state index in [1.807, 2.05) is 67.6 Å². The van der Waals surface area contributed by atoms with Crippen molar-refractivity contribution in [1.82, 2.24) is 14.5 Å². The van der Waals surface area contributed by atoms with Crippen LogP contribution < -0.4 is 9.62 Å². The number of rotatable bonds is 13. The van der Waals surface area contributed by atoms with E-state index in [0.717, 1.165) is 26.2 Å². The first kappa shape index (κ1) is 28.9. The maximum Gasteiger partial charge on any atom is 0.304 e. The topological polar surface area (TPSA) is 90.0 Å². The Morgan fingerprint density at radius 3 is 1.87 bits per heavy atom. The highest BCUT2D eigenvalue weighted by Gasteiger charge is 2.34. The Morgan fingerprint density at radius 2 is 1.34 bits per heavy atom. The molecule has 3 aromatic rings. The molecule has 0 bridgehead atoms. The second kappa shape index (κ2) is 13.7. The molecule has 8 nitrogen and oxygen atoms in total. The zero-order valence-corrected chi connectivity index (χ0v) is 23.0. The largest absolute Gasteiger partial charge is 0.354 e. The Bertz CT molecular complexity index is 1270. The minimum Gasteiger partial charge on any atom is -0.354 e. The van der Waals surface area contributed by atoms with Crippen molar-refractivity contribution in [3.63, 3.8) is 0 Å². The molecule has 3 rings (SSSR count). The van der Waals surface area contributed by atoms with Gasteiger partial charge in [0.05, 0.1) is 5.69 Å². The van der Waals surface area contributed by atoms with E-state index < -0.39 is 28.7 Å². The summed E-state index contributed by atoms with van der Waals surface area (Å²) in [5, 5.41) is 2.93. The summed E-state index contributed by atoms with van der Waals surface area (Å²) in [6, 6.07) is 26.6. The summed E-state index contributed by atoms with van der Waals surface area (Å²) in [7, 11) is -1.14. The van der Waals surface area contributed by atoms with Gasteiger partial charge in [0.2, 0.25) is 11.8 Å². The average molecular weight is 537 g/mol. The van der Waals surface area contributed by atoms with Crippen LogP contribution in [0.2, 0.25) is 0 Å². The van der Waals surface area contributed by atoms with E-state index in [9.17, 15) is 18.0 Å². The van der Waals surface area contributed by atoms with Crippen molar-refractivity contribution >= 4 is 27.7 Å². The lowest BCUT2D eigenvalue weighted by atomic mass is 10.0. The van der Waals surface area contributed by atoms with E-state index in [-0.39, 0.29) is 12.5 Å². The Hall–Kier alpha value is -3.69. The fourth-order valence-electron chi connectivity index (χ4n) is 4.01. The maximum atomic E-state index is 14.0. The standard InChI is InChI=1S/C29H36N4O4S/c1-4-20-30-29(35)27(21-24-14-8-5-9-15-24)32(22-25-16-10-6-11-17-25)28(34)23-33(38(36,37)31(2)3)26-18-12-7-13-19-26/h5-19,27H,4,20-23H2,1-3H3,(H,30,35). The van der Waals surface area contributed by atoms with Crippen LogP contribution in [0.4, 0.5) is 5.69 Å². The number of hydrogen-bond donors (Lipinski definition) is 1. The third kappa shape index (κ3) is 7.66. The number of carbonyl (C=O) groups excluding carboxylic acids is 2. The minimum atomic E-state index is -3.99. The number of hydrogen-bond acceptors (Lipinski definition) is 4. The highest BCUT2D eigenvalue weighted by molar-refractivity contribution is 7.90. The summed E-state index contributed by atoms with van der Waals surface area (Å²) in [5.41, 5.74) is 2.10. The third-order valence-electron chi connectivity index (χ3n) is 6.08. The van der Waals surface area contributed by atoms with Gasteiger partial charge in [0.15, 0.2) is 0 Å². The molecule has 1 N–H and O–H groups in total. The Balaban J connectivity index is 2.04. The molecule has 2 amide bonds. The van der Waals surface area contributed by atoms with Crippen LogP contribution in [0, 0.1) is 0 Å². The molecule has 0 aliphatic rings. The van der Waals surface area contributed by atoms with Gasteiger partial charge in [-0.1, -0.05) is 85.8 Å². The first-order valence-corrected chi connectivity index (χ1v) is 14.0. The summed E-state index contributed by atoms with van der Waals surface area (Å²) in [6.07, 6.45) is 1.04. The van der Waals surface area contributed by atoms with Crippen LogP contribution in [0.1, 0.15) is 24.5 Å². The molecule has 0 fully saturated rings. The number of benzene rings is 3. The quantitative estimate of drug-likeness (QED) is 0.362. The highest BCUT2D eigenvalue weighted by atomic mass is 32.2. The van der Waals surface area contributed by atoms with Gasteiger partial charge in [-0.05, 0) is 29.7 Å². The normalized spacial score (nSPS) is 12.1. The molecule has 0 saturated heterocycles. The van der Waals surface area contributed by atoms with Gasteiger partial charge in [-0.3, -0.25) is 9.59 Å². The van der Waals surface area contributed by atoms with Crippen molar-refractivity contribution in [2.24, 2.45) is 0 Å². The van der Waals surface area contributed by atoms with Crippen LogP contribution in [0.15, 0.2) is 91.0 Å². The number of carbonyl (C=O) groups is 2. The van der Waals surface area contributed by atoms with Crippen LogP contribution in [0.5, 0.6) is 0 Å². The summed E-state index contributed by atoms with van der Waals surface area (Å²) >= 11 is 0. The number of nitrogens with zero attached hydrogens (tertiary/aromatic N) is 3. The van der Waals surface area contributed by atoms with E-state index in [1.165, 1.54) is 19.0 Å². The molecule has 1 unspecified atom stereocenters. The molecule has 1 atom stereocenters. The summed E-state index contributed by atoms with van der Waals surface area (Å²) in [5.74, 6) is -0.752. The van der Waals surface area contributed by atoms with Crippen LogP contribution in [0.25, 0.3) is 0 Å². The fraction of sp³-hybridized carbons (Fsp3) is 0.310. The van der Waals surface area contributed by atoms with E-state index >= 15 is 0 Å². The second-order valence-electron chi connectivity index (χ2n) is 9.14. The van der Waals surface area contributed by atoms with Crippen molar-refractivity contribution in [1.29, 1.82) is 0 Å². The smallest absolute Gasteiger partial charge is 0.304 e. The molecule has 0 heterocycles. The second-order valence-corrected chi connectivity index (χ2v) is 11.2. The van der Waals surface area contributed by atoms with Crippen LogP contribution in [-0.2, 0) is 32.8 Å². The molecule has 3 aromatic carbocycles. The van der Waals surface area contributed by atoms with Crippen molar-refractivity contribution in [2.75, 3.05) is 31.5 Å². The molecule has 9 heteroatoms. The predicted molar refractivity (Wildman–Crippen MR) is 151 cm³/mol. The van der Waals surface area contributed by atoms with Crippen LogP contribution in [-0.4, -0.2) is 62.7 Å². The first-order chi connectivity index (χ1) is 18.2. The van der Waals surface area contributed by atoms with Gasteiger partial charge in [0.25, 0.3) is 0 Å². The molecule has 0 saturated carbocycles. The average Bonchev–Trinajstić information content (AvgIpc) is 2.93. The molecular formula is C29H36N4O4S. The number of amides is 2. The van der Waals surface area contributed by atoms with Crippen LogP contribution in [0.3, 0.4) is 0 Å². The molecule has 0 aromatic heterocycles. The van der Waals surface area contributed by atoms with Gasteiger partial charge < -0.3 is 10.2 Å². The zero-order chi connectivity index (χ0) is 27.5.